The van der Waals surface area contributed by atoms with Gasteiger partial charge in [-0.05, 0) is 97.4 Å². The van der Waals surface area contributed by atoms with Gasteiger partial charge in [0.1, 0.15) is 18.0 Å². The number of aliphatic hydroxyl groups excluding tert-OH is 1. The zero-order chi connectivity index (χ0) is 32.7. The Balaban J connectivity index is 0.990. The van der Waals surface area contributed by atoms with E-state index in [0.717, 1.165) is 74.8 Å². The molecule has 8 nitrogen and oxygen atoms in total. The van der Waals surface area contributed by atoms with Gasteiger partial charge in [-0.25, -0.2) is 4.98 Å². The number of hydrogen-bond acceptors (Lipinski definition) is 6. The number of methoxy groups -OCH3 is 1. The van der Waals surface area contributed by atoms with Crippen LogP contribution in [-0.4, -0.2) is 89.1 Å². The third kappa shape index (κ3) is 6.04. The predicted octanol–water partition coefficient (Wildman–Crippen LogP) is 5.66. The first kappa shape index (κ1) is 32.1. The zero-order valence-electron chi connectivity index (χ0n) is 28.3. The van der Waals surface area contributed by atoms with Gasteiger partial charge in [0.2, 0.25) is 5.91 Å². The average Bonchev–Trinajstić information content (AvgIpc) is 3.41. The molecule has 5 atom stereocenters. The fourth-order valence-corrected chi connectivity index (χ4v) is 9.46. The summed E-state index contributed by atoms with van der Waals surface area (Å²) in [5.41, 5.74) is 5.42. The van der Waals surface area contributed by atoms with E-state index in [1.165, 1.54) is 23.1 Å². The standard InChI is InChI=1S/C39H50N4O4/c1-4-17-43(38(46)34-13-10-26-7-5-6-8-33(26)40-34)25-37(45)42-20-18-41(19-21-42)24-28-22-31-27(23-35(28)47-3)9-11-30-29(31)15-16-39(2)32(30)12-14-36(39)44/h5-8,10,13,22-23,29-30,32,36,44H,4,9,11-12,14-21,24-25H2,1-3H3/t29?,30-,32?,36+,39+/m1/s1. The second-order valence-corrected chi connectivity index (χ2v) is 14.7. The van der Waals surface area contributed by atoms with Crippen LogP contribution in [0.1, 0.15) is 85.5 Å². The lowest BCUT2D eigenvalue weighted by atomic mass is 9.55. The van der Waals surface area contributed by atoms with E-state index in [9.17, 15) is 14.7 Å². The minimum atomic E-state index is -0.196. The number of rotatable bonds is 8. The summed E-state index contributed by atoms with van der Waals surface area (Å²) in [5.74, 6) is 2.61. The Hall–Kier alpha value is -3.49. The fraction of sp³-hybridized carbons (Fsp3) is 0.564. The highest BCUT2D eigenvalue weighted by molar-refractivity contribution is 5.97. The molecule has 250 valence electrons. The van der Waals surface area contributed by atoms with Crippen molar-refractivity contribution in [2.45, 2.75) is 77.4 Å². The number of piperazine rings is 1. The van der Waals surface area contributed by atoms with Crippen molar-refractivity contribution in [3.05, 3.63) is 70.9 Å². The first-order valence-electron chi connectivity index (χ1n) is 17.8. The highest BCUT2D eigenvalue weighted by atomic mass is 16.5. The average molecular weight is 639 g/mol. The molecule has 2 heterocycles. The van der Waals surface area contributed by atoms with Gasteiger partial charge < -0.3 is 19.6 Å². The van der Waals surface area contributed by atoms with Gasteiger partial charge in [-0.3, -0.25) is 14.5 Å². The molecule has 1 saturated heterocycles. The number of pyridine rings is 1. The van der Waals surface area contributed by atoms with Crippen molar-refractivity contribution in [3.63, 3.8) is 0 Å². The van der Waals surface area contributed by atoms with Crippen LogP contribution >= 0.6 is 0 Å². The van der Waals surface area contributed by atoms with E-state index in [2.05, 4.69) is 28.9 Å². The van der Waals surface area contributed by atoms with E-state index < -0.39 is 0 Å². The Kier molecular flexibility index (Phi) is 9.00. The summed E-state index contributed by atoms with van der Waals surface area (Å²) in [7, 11) is 1.77. The number of aryl methyl sites for hydroxylation is 1. The van der Waals surface area contributed by atoms with E-state index in [-0.39, 0.29) is 29.9 Å². The number of carbonyl (C=O) groups excluding carboxylic acids is 2. The van der Waals surface area contributed by atoms with Crippen LogP contribution in [0.5, 0.6) is 5.75 Å². The van der Waals surface area contributed by atoms with Gasteiger partial charge in [-0.2, -0.15) is 0 Å². The van der Waals surface area contributed by atoms with Crippen LogP contribution in [0.2, 0.25) is 0 Å². The van der Waals surface area contributed by atoms with Crippen LogP contribution in [0.4, 0.5) is 0 Å². The number of fused-ring (bicyclic) bond motifs is 6. The van der Waals surface area contributed by atoms with E-state index >= 15 is 0 Å². The molecule has 2 saturated carbocycles. The van der Waals surface area contributed by atoms with E-state index in [0.29, 0.717) is 43.1 Å². The number of benzene rings is 2. The Morgan fingerprint density at radius 2 is 1.85 bits per heavy atom. The highest BCUT2D eigenvalue weighted by Crippen LogP contribution is 2.61. The van der Waals surface area contributed by atoms with Crippen molar-refractivity contribution < 1.29 is 19.4 Å². The molecule has 2 amide bonds. The van der Waals surface area contributed by atoms with Crippen molar-refractivity contribution in [3.8, 4) is 5.75 Å². The topological polar surface area (TPSA) is 86.2 Å². The fourth-order valence-electron chi connectivity index (χ4n) is 9.46. The normalized spacial score (nSPS) is 27.2. The molecule has 3 aromatic rings. The van der Waals surface area contributed by atoms with Crippen LogP contribution < -0.4 is 4.74 Å². The van der Waals surface area contributed by atoms with Crippen LogP contribution in [0, 0.1) is 17.3 Å². The maximum absolute atomic E-state index is 13.5. The SMILES string of the molecule is CCCN(CC(=O)N1CCN(Cc2cc3c(cc2OC)CC[C@@H]2C3CC[C@@]3(C)C2CC[C@@H]3O)CC1)C(=O)c1ccc2ccccc2n1. The minimum Gasteiger partial charge on any atom is -0.496 e. The second-order valence-electron chi connectivity index (χ2n) is 14.7. The van der Waals surface area contributed by atoms with Gasteiger partial charge in [-0.15, -0.1) is 0 Å². The first-order chi connectivity index (χ1) is 22.8. The summed E-state index contributed by atoms with van der Waals surface area (Å²) in [4.78, 5) is 37.5. The van der Waals surface area contributed by atoms with E-state index in [4.69, 9.17) is 4.74 Å². The van der Waals surface area contributed by atoms with Gasteiger partial charge in [0.05, 0.1) is 18.7 Å². The lowest BCUT2D eigenvalue weighted by Crippen LogP contribution is -2.51. The molecule has 2 aromatic carbocycles. The lowest BCUT2D eigenvalue weighted by molar-refractivity contribution is -0.133. The maximum Gasteiger partial charge on any atom is 0.272 e. The molecule has 0 spiro atoms. The quantitative estimate of drug-likeness (QED) is 0.343. The molecule has 1 aliphatic heterocycles. The van der Waals surface area contributed by atoms with Gasteiger partial charge >= 0.3 is 0 Å². The molecule has 8 heteroatoms. The molecular formula is C39H50N4O4. The number of ether oxygens (including phenoxy) is 1. The van der Waals surface area contributed by atoms with Crippen molar-refractivity contribution in [2.24, 2.45) is 17.3 Å². The summed E-state index contributed by atoms with van der Waals surface area (Å²) in [5, 5.41) is 11.8. The molecule has 3 fully saturated rings. The van der Waals surface area contributed by atoms with Crippen molar-refractivity contribution in [2.75, 3.05) is 46.4 Å². The van der Waals surface area contributed by atoms with Crippen LogP contribution in [0.3, 0.4) is 0 Å². The number of carbonyl (C=O) groups is 2. The monoisotopic (exact) mass is 638 g/mol. The molecule has 1 aromatic heterocycles. The Labute approximate surface area is 279 Å². The van der Waals surface area contributed by atoms with Crippen molar-refractivity contribution >= 4 is 22.7 Å². The molecule has 0 bridgehead atoms. The van der Waals surface area contributed by atoms with Crippen molar-refractivity contribution in [1.82, 2.24) is 19.7 Å². The third-order valence-electron chi connectivity index (χ3n) is 12.1. The van der Waals surface area contributed by atoms with E-state index in [1.807, 2.05) is 42.2 Å². The van der Waals surface area contributed by atoms with Crippen LogP contribution in [0.25, 0.3) is 10.9 Å². The summed E-state index contributed by atoms with van der Waals surface area (Å²) in [6, 6.07) is 16.2. The van der Waals surface area contributed by atoms with Gasteiger partial charge in [-0.1, -0.05) is 44.2 Å². The number of aliphatic hydroxyl groups is 1. The van der Waals surface area contributed by atoms with Crippen LogP contribution in [0.15, 0.2) is 48.5 Å². The smallest absolute Gasteiger partial charge is 0.272 e. The highest BCUT2D eigenvalue weighted by Gasteiger charge is 2.54. The molecule has 7 rings (SSSR count). The van der Waals surface area contributed by atoms with Gasteiger partial charge in [0.15, 0.2) is 0 Å². The summed E-state index contributed by atoms with van der Waals surface area (Å²) in [6.07, 6.45) is 7.29. The summed E-state index contributed by atoms with van der Waals surface area (Å²) >= 11 is 0. The third-order valence-corrected chi connectivity index (χ3v) is 12.1. The number of nitrogens with zero attached hydrogens (tertiary/aromatic N) is 4. The molecular weight excluding hydrogens is 588 g/mol. The zero-order valence-corrected chi connectivity index (χ0v) is 28.3. The molecule has 2 unspecified atom stereocenters. The second kappa shape index (κ2) is 13.2. The Morgan fingerprint density at radius 1 is 1.04 bits per heavy atom. The lowest BCUT2D eigenvalue weighted by Gasteiger charge is -2.50. The first-order valence-corrected chi connectivity index (χ1v) is 17.8. The predicted molar refractivity (Wildman–Crippen MR) is 183 cm³/mol. The summed E-state index contributed by atoms with van der Waals surface area (Å²) in [6.45, 7) is 8.59. The Bertz CT molecular complexity index is 1630. The molecule has 1 N–H and O–H groups in total. The molecule has 3 aliphatic carbocycles. The molecule has 0 radical (unpaired) electrons. The maximum atomic E-state index is 13.5. The minimum absolute atomic E-state index is 0.00836. The number of para-hydroxylation sites is 1. The van der Waals surface area contributed by atoms with Gasteiger partial charge in [0, 0.05) is 50.2 Å². The molecule has 4 aliphatic rings. The largest absolute Gasteiger partial charge is 0.496 e. The van der Waals surface area contributed by atoms with Crippen molar-refractivity contribution in [1.29, 1.82) is 0 Å². The molecule has 47 heavy (non-hydrogen) atoms. The van der Waals surface area contributed by atoms with E-state index in [1.54, 1.807) is 18.1 Å². The van der Waals surface area contributed by atoms with Gasteiger partial charge in [0.25, 0.3) is 5.91 Å². The number of aromatic nitrogens is 1. The summed E-state index contributed by atoms with van der Waals surface area (Å²) < 4.78 is 5.93. The Morgan fingerprint density at radius 3 is 2.64 bits per heavy atom. The number of amides is 2. The van der Waals surface area contributed by atoms with Crippen LogP contribution in [-0.2, 0) is 17.8 Å². The number of hydrogen-bond donors (Lipinski definition) is 1.